The summed E-state index contributed by atoms with van der Waals surface area (Å²) in [5, 5.41) is 6.68. The number of carbonyl (C=O) groups excluding carboxylic acids is 1. The van der Waals surface area contributed by atoms with Crippen LogP contribution >= 0.6 is 24.0 Å². The van der Waals surface area contributed by atoms with Crippen molar-refractivity contribution in [2.75, 3.05) is 33.8 Å². The minimum Gasteiger partial charge on any atom is -0.373 e. The first-order chi connectivity index (χ1) is 15.6. The molecule has 1 atom stereocenters. The van der Waals surface area contributed by atoms with E-state index in [2.05, 4.69) is 46.8 Å². The van der Waals surface area contributed by atoms with Crippen LogP contribution in [0.1, 0.15) is 59.3 Å². The molecule has 0 heterocycles. The minimum absolute atomic E-state index is 0. The Morgan fingerprint density at radius 2 is 1.88 bits per heavy atom. The van der Waals surface area contributed by atoms with Gasteiger partial charge in [-0.1, -0.05) is 36.4 Å². The second-order valence-corrected chi connectivity index (χ2v) is 8.32. The van der Waals surface area contributed by atoms with Crippen LogP contribution in [0.2, 0.25) is 0 Å². The highest BCUT2D eigenvalue weighted by molar-refractivity contribution is 14.0. The molecule has 1 aliphatic carbocycles. The Kier molecular flexibility index (Phi) is 11.7. The van der Waals surface area contributed by atoms with Gasteiger partial charge in [0.2, 0.25) is 0 Å². The first kappa shape index (κ1) is 27.1. The Morgan fingerprint density at radius 3 is 2.61 bits per heavy atom. The largest absolute Gasteiger partial charge is 0.373 e. The average Bonchev–Trinajstić information content (AvgIpc) is 2.82. The van der Waals surface area contributed by atoms with E-state index in [0.717, 1.165) is 50.5 Å². The van der Waals surface area contributed by atoms with Crippen molar-refractivity contribution in [2.24, 2.45) is 4.99 Å². The van der Waals surface area contributed by atoms with E-state index < -0.39 is 0 Å². The molecule has 1 unspecified atom stereocenters. The zero-order valence-corrected chi connectivity index (χ0v) is 22.3. The number of carbonyl (C=O) groups is 1. The average molecular weight is 565 g/mol. The Morgan fingerprint density at radius 1 is 1.12 bits per heavy atom. The number of nitrogens with zero attached hydrogens (tertiary/aromatic N) is 2. The van der Waals surface area contributed by atoms with Crippen molar-refractivity contribution in [1.82, 2.24) is 15.5 Å². The van der Waals surface area contributed by atoms with Gasteiger partial charge in [-0.25, -0.2) is 4.99 Å². The summed E-state index contributed by atoms with van der Waals surface area (Å²) in [6.45, 7) is 4.95. The van der Waals surface area contributed by atoms with E-state index in [1.165, 1.54) is 17.5 Å². The van der Waals surface area contributed by atoms with Crippen molar-refractivity contribution in [3.05, 3.63) is 70.8 Å². The predicted octanol–water partition coefficient (Wildman–Crippen LogP) is 4.55. The van der Waals surface area contributed by atoms with Gasteiger partial charge in [-0.05, 0) is 61.4 Å². The molecule has 33 heavy (non-hydrogen) atoms. The summed E-state index contributed by atoms with van der Waals surface area (Å²) in [5.41, 5.74) is 4.55. The fourth-order valence-corrected chi connectivity index (χ4v) is 3.91. The number of halogens is 1. The summed E-state index contributed by atoms with van der Waals surface area (Å²) < 4.78 is 6.20. The number of rotatable bonds is 9. The lowest BCUT2D eigenvalue weighted by atomic mass is 9.89. The summed E-state index contributed by atoms with van der Waals surface area (Å²) >= 11 is 0. The number of amides is 1. The monoisotopic (exact) mass is 564 g/mol. The smallest absolute Gasteiger partial charge is 0.253 e. The number of aliphatic imine (C=N–C) groups is 1. The van der Waals surface area contributed by atoms with Gasteiger partial charge in [-0.3, -0.25) is 4.79 Å². The fourth-order valence-electron chi connectivity index (χ4n) is 3.91. The molecule has 3 rings (SSSR count). The van der Waals surface area contributed by atoms with Gasteiger partial charge in [0.1, 0.15) is 0 Å². The van der Waals surface area contributed by atoms with Crippen LogP contribution in [0.25, 0.3) is 0 Å². The van der Waals surface area contributed by atoms with Crippen LogP contribution in [0.5, 0.6) is 0 Å². The summed E-state index contributed by atoms with van der Waals surface area (Å²) in [6.07, 6.45) is 4.61. The van der Waals surface area contributed by atoms with Gasteiger partial charge in [-0.15, -0.1) is 24.0 Å². The summed E-state index contributed by atoms with van der Waals surface area (Å²) in [4.78, 5) is 18.3. The van der Waals surface area contributed by atoms with Gasteiger partial charge >= 0.3 is 0 Å². The van der Waals surface area contributed by atoms with Crippen molar-refractivity contribution in [2.45, 2.75) is 45.3 Å². The number of fused-ring (bicyclic) bond motifs is 1. The molecule has 0 saturated carbocycles. The highest BCUT2D eigenvalue weighted by atomic mass is 127. The first-order valence-electron chi connectivity index (χ1n) is 11.6. The van der Waals surface area contributed by atoms with Crippen LogP contribution in [0.15, 0.2) is 53.5 Å². The number of hydrogen-bond acceptors (Lipinski definition) is 3. The molecule has 0 spiro atoms. The van der Waals surface area contributed by atoms with E-state index in [4.69, 9.17) is 4.74 Å². The predicted molar refractivity (Wildman–Crippen MR) is 145 cm³/mol. The third-order valence-corrected chi connectivity index (χ3v) is 5.62. The molecule has 7 heteroatoms. The summed E-state index contributed by atoms with van der Waals surface area (Å²) in [6, 6.07) is 16.3. The molecule has 0 aromatic heterocycles. The van der Waals surface area contributed by atoms with Gasteiger partial charge in [-0.2, -0.15) is 0 Å². The fraction of sp³-hybridized carbons (Fsp3) is 0.462. The standard InChI is InChI=1S/C26H36N4O2.HI/c1-4-27-26(29-19-20-13-15-22(16-14-20)25(31)30(2)3)28-17-8-18-32-24-12-7-10-21-9-5-6-11-23(21)24;/h5-6,9,11,13-16,24H,4,7-8,10,12,17-19H2,1-3H3,(H2,27,28,29);1H. The molecular weight excluding hydrogens is 527 g/mol. The molecule has 0 radical (unpaired) electrons. The molecule has 180 valence electrons. The summed E-state index contributed by atoms with van der Waals surface area (Å²) in [7, 11) is 3.52. The number of ether oxygens (including phenoxy) is 1. The van der Waals surface area contributed by atoms with Crippen LogP contribution in [0.4, 0.5) is 0 Å². The van der Waals surface area contributed by atoms with Gasteiger partial charge in [0, 0.05) is 39.4 Å². The zero-order chi connectivity index (χ0) is 22.8. The Balaban J connectivity index is 0.00000385. The van der Waals surface area contributed by atoms with Crippen LogP contribution < -0.4 is 10.6 Å². The van der Waals surface area contributed by atoms with Crippen LogP contribution in [-0.2, 0) is 17.7 Å². The molecule has 2 N–H and O–H groups in total. The number of hydrogen-bond donors (Lipinski definition) is 2. The molecule has 0 aliphatic heterocycles. The second kappa shape index (κ2) is 14.2. The van der Waals surface area contributed by atoms with E-state index >= 15 is 0 Å². The van der Waals surface area contributed by atoms with E-state index in [1.54, 1.807) is 19.0 Å². The SMILES string of the molecule is CCNC(=NCc1ccc(C(=O)N(C)C)cc1)NCCCOC1CCCc2ccccc21.I. The Bertz CT molecular complexity index is 899. The lowest BCUT2D eigenvalue weighted by molar-refractivity contribution is 0.0398. The first-order valence-corrected chi connectivity index (χ1v) is 11.6. The van der Waals surface area contributed by atoms with Crippen LogP contribution in [-0.4, -0.2) is 50.6 Å². The molecule has 2 aromatic rings. The Labute approximate surface area is 215 Å². The maximum absolute atomic E-state index is 12.0. The molecule has 0 bridgehead atoms. The molecule has 1 amide bonds. The van der Waals surface area contributed by atoms with E-state index in [-0.39, 0.29) is 36.0 Å². The van der Waals surface area contributed by atoms with Crippen LogP contribution in [0.3, 0.4) is 0 Å². The molecular formula is C26H37IN4O2. The van der Waals surface area contributed by atoms with Crippen molar-refractivity contribution in [1.29, 1.82) is 0 Å². The maximum Gasteiger partial charge on any atom is 0.253 e. The number of aryl methyl sites for hydroxylation is 1. The molecule has 1 aliphatic rings. The topological polar surface area (TPSA) is 66.0 Å². The highest BCUT2D eigenvalue weighted by Gasteiger charge is 2.19. The highest BCUT2D eigenvalue weighted by Crippen LogP contribution is 2.32. The number of nitrogens with one attached hydrogen (secondary N) is 2. The molecule has 2 aromatic carbocycles. The molecule has 0 fully saturated rings. The number of benzene rings is 2. The van der Waals surface area contributed by atoms with Gasteiger partial charge in [0.15, 0.2) is 5.96 Å². The van der Waals surface area contributed by atoms with Gasteiger partial charge < -0.3 is 20.3 Å². The minimum atomic E-state index is 0. The van der Waals surface area contributed by atoms with Crippen molar-refractivity contribution >= 4 is 35.8 Å². The normalized spacial score (nSPS) is 15.2. The van der Waals surface area contributed by atoms with E-state index in [1.807, 2.05) is 24.3 Å². The zero-order valence-electron chi connectivity index (χ0n) is 20.0. The van der Waals surface area contributed by atoms with E-state index in [0.29, 0.717) is 12.1 Å². The second-order valence-electron chi connectivity index (χ2n) is 8.32. The molecule has 0 saturated heterocycles. The third-order valence-electron chi connectivity index (χ3n) is 5.62. The summed E-state index contributed by atoms with van der Waals surface area (Å²) in [5.74, 6) is 0.804. The maximum atomic E-state index is 12.0. The van der Waals surface area contributed by atoms with Gasteiger partial charge in [0.05, 0.1) is 12.6 Å². The number of guanidine groups is 1. The molecule has 6 nitrogen and oxygen atoms in total. The lowest BCUT2D eigenvalue weighted by Gasteiger charge is -2.25. The van der Waals surface area contributed by atoms with Gasteiger partial charge in [0.25, 0.3) is 5.91 Å². The Hall–Kier alpha value is -2.13. The van der Waals surface area contributed by atoms with Crippen molar-refractivity contribution in [3.8, 4) is 0 Å². The third kappa shape index (κ3) is 8.30. The van der Waals surface area contributed by atoms with E-state index in [9.17, 15) is 4.79 Å². The quantitative estimate of drug-likeness (QED) is 0.203. The lowest BCUT2D eigenvalue weighted by Crippen LogP contribution is -2.38. The van der Waals surface area contributed by atoms with Crippen LogP contribution in [0, 0.1) is 0 Å². The van der Waals surface area contributed by atoms with Crippen molar-refractivity contribution in [3.63, 3.8) is 0 Å². The van der Waals surface area contributed by atoms with Crippen molar-refractivity contribution < 1.29 is 9.53 Å².